The van der Waals surface area contributed by atoms with Crippen molar-refractivity contribution in [3.05, 3.63) is 23.8 Å². The van der Waals surface area contributed by atoms with E-state index < -0.39 is 5.97 Å². The summed E-state index contributed by atoms with van der Waals surface area (Å²) in [7, 11) is 0. The van der Waals surface area contributed by atoms with Crippen molar-refractivity contribution >= 4 is 32.7 Å². The number of anilines is 1. The van der Waals surface area contributed by atoms with E-state index in [1.54, 1.807) is 11.3 Å². The van der Waals surface area contributed by atoms with Crippen molar-refractivity contribution in [1.82, 2.24) is 9.88 Å². The van der Waals surface area contributed by atoms with Crippen molar-refractivity contribution in [2.24, 2.45) is 0 Å². The average molecular weight is 319 g/mol. The summed E-state index contributed by atoms with van der Waals surface area (Å²) in [6, 6.07) is 6.95. The molecule has 3 rings (SSSR count). The summed E-state index contributed by atoms with van der Waals surface area (Å²) in [6.45, 7) is 5.03. The van der Waals surface area contributed by atoms with Crippen LogP contribution in [0.2, 0.25) is 0 Å². The van der Waals surface area contributed by atoms with E-state index in [-0.39, 0.29) is 6.54 Å². The standard InChI is InChI=1S/C16H21N3O2S/c1-3-19(9-14(20)21)12-7-11(8-12)17-16-18-13-6-4-5-10(2)15(13)22-16/h4-6,11-12H,3,7-9H2,1-2H3,(H,17,18)(H,20,21). The topological polar surface area (TPSA) is 65.5 Å². The van der Waals surface area contributed by atoms with Crippen LogP contribution in [0.4, 0.5) is 5.13 Å². The normalized spacial score (nSPS) is 21.0. The fraction of sp³-hybridized carbons (Fsp3) is 0.500. The molecule has 1 aliphatic rings. The van der Waals surface area contributed by atoms with Crippen LogP contribution in [0, 0.1) is 6.92 Å². The van der Waals surface area contributed by atoms with Crippen LogP contribution in [0.25, 0.3) is 10.2 Å². The number of carboxylic acids is 1. The molecule has 0 atom stereocenters. The molecule has 5 nitrogen and oxygen atoms in total. The maximum absolute atomic E-state index is 10.9. The van der Waals surface area contributed by atoms with Crippen LogP contribution in [-0.2, 0) is 4.79 Å². The maximum atomic E-state index is 10.9. The van der Waals surface area contributed by atoms with Crippen LogP contribution < -0.4 is 5.32 Å². The largest absolute Gasteiger partial charge is 0.480 e. The van der Waals surface area contributed by atoms with Gasteiger partial charge in [-0.3, -0.25) is 9.69 Å². The van der Waals surface area contributed by atoms with E-state index in [4.69, 9.17) is 5.11 Å². The number of hydrogen-bond acceptors (Lipinski definition) is 5. The van der Waals surface area contributed by atoms with Crippen LogP contribution in [0.1, 0.15) is 25.3 Å². The van der Waals surface area contributed by atoms with E-state index in [1.165, 1.54) is 10.3 Å². The van der Waals surface area contributed by atoms with Gasteiger partial charge in [-0.2, -0.15) is 0 Å². The first-order valence-corrected chi connectivity index (χ1v) is 8.47. The fourth-order valence-corrected chi connectivity index (χ4v) is 4.01. The molecule has 1 heterocycles. The smallest absolute Gasteiger partial charge is 0.317 e. The molecule has 1 aliphatic carbocycles. The third-order valence-corrected chi connectivity index (χ3v) is 5.45. The molecule has 0 bridgehead atoms. The molecular weight excluding hydrogens is 298 g/mol. The van der Waals surface area contributed by atoms with E-state index in [1.807, 2.05) is 24.0 Å². The first-order valence-electron chi connectivity index (χ1n) is 7.65. The summed E-state index contributed by atoms with van der Waals surface area (Å²) < 4.78 is 1.24. The number of carbonyl (C=O) groups is 1. The third-order valence-electron chi connectivity index (χ3n) is 4.31. The molecule has 118 valence electrons. The summed E-state index contributed by atoms with van der Waals surface area (Å²) >= 11 is 1.70. The molecule has 0 unspecified atom stereocenters. The number of hydrogen-bond donors (Lipinski definition) is 2. The average Bonchev–Trinajstić information content (AvgIpc) is 2.84. The molecule has 0 saturated heterocycles. The minimum Gasteiger partial charge on any atom is -0.480 e. The quantitative estimate of drug-likeness (QED) is 0.857. The molecular formula is C16H21N3O2S. The van der Waals surface area contributed by atoms with E-state index in [0.29, 0.717) is 12.1 Å². The minimum absolute atomic E-state index is 0.133. The number of rotatable bonds is 6. The number of aryl methyl sites for hydroxylation is 1. The van der Waals surface area contributed by atoms with Gasteiger partial charge < -0.3 is 10.4 Å². The molecule has 2 N–H and O–H groups in total. The van der Waals surface area contributed by atoms with Crippen molar-refractivity contribution in [3.63, 3.8) is 0 Å². The Morgan fingerprint density at radius 2 is 2.27 bits per heavy atom. The summed E-state index contributed by atoms with van der Waals surface area (Å²) in [4.78, 5) is 17.5. The van der Waals surface area contributed by atoms with Crippen molar-refractivity contribution in [1.29, 1.82) is 0 Å². The molecule has 0 aliphatic heterocycles. The first kappa shape index (κ1) is 15.2. The predicted molar refractivity (Wildman–Crippen MR) is 89.7 cm³/mol. The molecule has 2 aromatic rings. The lowest BCUT2D eigenvalue weighted by molar-refractivity contribution is -0.139. The third kappa shape index (κ3) is 3.08. The highest BCUT2D eigenvalue weighted by Crippen LogP contribution is 2.33. The SMILES string of the molecule is CCN(CC(=O)O)C1CC(Nc2nc3cccc(C)c3s2)C1. The molecule has 0 spiro atoms. The monoisotopic (exact) mass is 319 g/mol. The first-order chi connectivity index (χ1) is 10.6. The van der Waals surface area contributed by atoms with Crippen LogP contribution >= 0.6 is 11.3 Å². The lowest BCUT2D eigenvalue weighted by Crippen LogP contribution is -2.51. The highest BCUT2D eigenvalue weighted by Gasteiger charge is 2.34. The summed E-state index contributed by atoms with van der Waals surface area (Å²) in [5.74, 6) is -0.750. The number of benzene rings is 1. The van der Waals surface area contributed by atoms with Gasteiger partial charge in [0.2, 0.25) is 0 Å². The molecule has 1 fully saturated rings. The molecule has 1 aromatic heterocycles. The van der Waals surface area contributed by atoms with Crippen LogP contribution in [0.5, 0.6) is 0 Å². The van der Waals surface area contributed by atoms with E-state index in [9.17, 15) is 4.79 Å². The number of thiazole rings is 1. The maximum Gasteiger partial charge on any atom is 0.317 e. The van der Waals surface area contributed by atoms with Crippen LogP contribution in [0.15, 0.2) is 18.2 Å². The number of nitrogens with one attached hydrogen (secondary N) is 1. The lowest BCUT2D eigenvalue weighted by Gasteiger charge is -2.42. The van der Waals surface area contributed by atoms with Gasteiger partial charge in [-0.05, 0) is 37.9 Å². The Balaban J connectivity index is 1.59. The molecule has 1 aromatic carbocycles. The number of likely N-dealkylation sites (N-methyl/N-ethyl adjacent to an activating group) is 1. The van der Waals surface area contributed by atoms with Crippen LogP contribution in [0.3, 0.4) is 0 Å². The predicted octanol–water partition coefficient (Wildman–Crippen LogP) is 2.95. The van der Waals surface area contributed by atoms with E-state index >= 15 is 0 Å². The number of carboxylic acid groups (broad SMARTS) is 1. The van der Waals surface area contributed by atoms with Gasteiger partial charge in [-0.15, -0.1) is 0 Å². The van der Waals surface area contributed by atoms with E-state index in [2.05, 4.69) is 23.3 Å². The van der Waals surface area contributed by atoms with Crippen molar-refractivity contribution in [2.45, 2.75) is 38.8 Å². The van der Waals surface area contributed by atoms with Gasteiger partial charge in [-0.25, -0.2) is 4.98 Å². The molecule has 1 saturated carbocycles. The van der Waals surface area contributed by atoms with Gasteiger partial charge in [-0.1, -0.05) is 30.4 Å². The molecule has 0 amide bonds. The summed E-state index contributed by atoms with van der Waals surface area (Å²) in [5.41, 5.74) is 2.30. The van der Waals surface area contributed by atoms with Gasteiger partial charge in [0.05, 0.1) is 16.8 Å². The number of fused-ring (bicyclic) bond motifs is 1. The minimum atomic E-state index is -0.750. The zero-order valence-electron chi connectivity index (χ0n) is 12.9. The van der Waals surface area contributed by atoms with Gasteiger partial charge in [0.25, 0.3) is 0 Å². The Bertz CT molecular complexity index is 679. The Hall–Kier alpha value is -1.66. The Morgan fingerprint density at radius 1 is 1.50 bits per heavy atom. The fourth-order valence-electron chi connectivity index (χ4n) is 3.00. The second-order valence-corrected chi connectivity index (χ2v) is 6.86. The van der Waals surface area contributed by atoms with Crippen molar-refractivity contribution < 1.29 is 9.90 Å². The number of aromatic nitrogens is 1. The van der Waals surface area contributed by atoms with Gasteiger partial charge >= 0.3 is 5.97 Å². The van der Waals surface area contributed by atoms with E-state index in [0.717, 1.165) is 30.0 Å². The van der Waals surface area contributed by atoms with Gasteiger partial charge in [0.1, 0.15) is 0 Å². The molecule has 6 heteroatoms. The van der Waals surface area contributed by atoms with Crippen molar-refractivity contribution in [2.75, 3.05) is 18.4 Å². The Labute approximate surface area is 134 Å². The van der Waals surface area contributed by atoms with Gasteiger partial charge in [0, 0.05) is 12.1 Å². The number of nitrogens with zero attached hydrogens (tertiary/aromatic N) is 2. The van der Waals surface area contributed by atoms with Crippen molar-refractivity contribution in [3.8, 4) is 0 Å². The summed E-state index contributed by atoms with van der Waals surface area (Å²) in [5, 5.41) is 13.4. The molecule has 0 radical (unpaired) electrons. The lowest BCUT2D eigenvalue weighted by atomic mass is 9.85. The second-order valence-electron chi connectivity index (χ2n) is 5.87. The summed E-state index contributed by atoms with van der Waals surface area (Å²) in [6.07, 6.45) is 1.96. The zero-order chi connectivity index (χ0) is 15.7. The van der Waals surface area contributed by atoms with Gasteiger partial charge in [0.15, 0.2) is 5.13 Å². The zero-order valence-corrected chi connectivity index (χ0v) is 13.7. The molecule has 22 heavy (non-hydrogen) atoms. The second kappa shape index (κ2) is 6.22. The highest BCUT2D eigenvalue weighted by atomic mass is 32.1. The highest BCUT2D eigenvalue weighted by molar-refractivity contribution is 7.22. The Kier molecular flexibility index (Phi) is 4.31. The number of aliphatic carboxylic acids is 1. The van der Waals surface area contributed by atoms with Crippen LogP contribution in [-0.4, -0.2) is 46.1 Å². The Morgan fingerprint density at radius 3 is 2.91 bits per heavy atom.